The second-order valence-corrected chi connectivity index (χ2v) is 6.24. The molecule has 0 spiro atoms. The normalized spacial score (nSPS) is 11.6. The Morgan fingerprint density at radius 1 is 1.18 bits per heavy atom. The minimum atomic E-state index is -4.54. The van der Waals surface area contributed by atoms with Crippen LogP contribution in [0.2, 0.25) is 0 Å². The van der Waals surface area contributed by atoms with Crippen LogP contribution in [0.4, 0.5) is 17.6 Å². The molecule has 0 fully saturated rings. The Morgan fingerprint density at radius 2 is 1.89 bits per heavy atom. The number of amides is 1. The Hall–Kier alpha value is -3.23. The fourth-order valence-electron chi connectivity index (χ4n) is 2.79. The highest BCUT2D eigenvalue weighted by atomic mass is 19.4. The van der Waals surface area contributed by atoms with Crippen LogP contribution in [0.5, 0.6) is 0 Å². The quantitative estimate of drug-likeness (QED) is 0.640. The largest absolute Gasteiger partial charge is 0.416 e. The molecule has 146 valence electrons. The standard InChI is InChI=1S/C19H15F4N3O2/c1-25(9-12-4-2-3-5-15(12)19(21,22)23)17(27)10-26-11-24-16-7-6-13(20)8-14(16)18(26)28/h2-8,11H,9-10H2,1H3. The highest BCUT2D eigenvalue weighted by Crippen LogP contribution is 2.32. The number of hydrogen-bond donors (Lipinski definition) is 0. The van der Waals surface area contributed by atoms with Crippen molar-refractivity contribution in [1.82, 2.24) is 14.5 Å². The number of halogens is 4. The molecule has 9 heteroatoms. The topological polar surface area (TPSA) is 55.2 Å². The molecule has 0 saturated heterocycles. The number of alkyl halides is 3. The first-order valence-electron chi connectivity index (χ1n) is 8.20. The highest BCUT2D eigenvalue weighted by Gasteiger charge is 2.33. The monoisotopic (exact) mass is 393 g/mol. The van der Waals surface area contributed by atoms with Gasteiger partial charge in [-0.15, -0.1) is 0 Å². The molecule has 0 atom stereocenters. The van der Waals surface area contributed by atoms with Gasteiger partial charge in [-0.2, -0.15) is 13.2 Å². The zero-order valence-corrected chi connectivity index (χ0v) is 14.7. The van der Waals surface area contributed by atoms with Gasteiger partial charge < -0.3 is 4.90 Å². The van der Waals surface area contributed by atoms with Crippen molar-refractivity contribution >= 4 is 16.8 Å². The van der Waals surface area contributed by atoms with E-state index in [9.17, 15) is 27.2 Å². The summed E-state index contributed by atoms with van der Waals surface area (Å²) in [6, 6.07) is 8.49. The van der Waals surface area contributed by atoms with Crippen LogP contribution in [0, 0.1) is 5.82 Å². The van der Waals surface area contributed by atoms with Gasteiger partial charge in [0, 0.05) is 13.6 Å². The van der Waals surface area contributed by atoms with Crippen LogP contribution in [-0.4, -0.2) is 27.4 Å². The van der Waals surface area contributed by atoms with E-state index in [-0.39, 0.29) is 23.0 Å². The summed E-state index contributed by atoms with van der Waals surface area (Å²) in [4.78, 5) is 29.9. The lowest BCUT2D eigenvalue weighted by Gasteiger charge is -2.20. The molecular weight excluding hydrogens is 378 g/mol. The molecule has 1 amide bonds. The molecule has 0 saturated carbocycles. The van der Waals surface area contributed by atoms with Crippen molar-refractivity contribution in [1.29, 1.82) is 0 Å². The summed E-state index contributed by atoms with van der Waals surface area (Å²) in [6.45, 7) is -0.706. The molecule has 0 unspecified atom stereocenters. The first-order chi connectivity index (χ1) is 13.2. The minimum Gasteiger partial charge on any atom is -0.340 e. The maximum atomic E-state index is 13.4. The third-order valence-electron chi connectivity index (χ3n) is 4.25. The SMILES string of the molecule is CN(Cc1ccccc1C(F)(F)F)C(=O)Cn1cnc2ccc(F)cc2c1=O. The number of fused-ring (bicyclic) bond motifs is 1. The average molecular weight is 393 g/mol. The van der Waals surface area contributed by atoms with E-state index in [2.05, 4.69) is 4.98 Å². The molecule has 0 aliphatic heterocycles. The van der Waals surface area contributed by atoms with Gasteiger partial charge in [-0.3, -0.25) is 14.2 Å². The molecule has 1 heterocycles. The van der Waals surface area contributed by atoms with Gasteiger partial charge in [-0.05, 0) is 29.8 Å². The summed E-state index contributed by atoms with van der Waals surface area (Å²) in [5.41, 5.74) is -1.21. The second-order valence-electron chi connectivity index (χ2n) is 6.24. The second kappa shape index (κ2) is 7.41. The molecule has 5 nitrogen and oxygen atoms in total. The Kier molecular flexibility index (Phi) is 5.17. The smallest absolute Gasteiger partial charge is 0.340 e. The van der Waals surface area contributed by atoms with Crippen molar-refractivity contribution in [3.8, 4) is 0 Å². The number of rotatable bonds is 4. The van der Waals surface area contributed by atoms with E-state index in [4.69, 9.17) is 0 Å². The number of carbonyl (C=O) groups excluding carboxylic acids is 1. The molecule has 2 aromatic carbocycles. The molecule has 0 aliphatic rings. The molecule has 0 radical (unpaired) electrons. The van der Waals surface area contributed by atoms with Crippen molar-refractivity contribution in [2.24, 2.45) is 0 Å². The third kappa shape index (κ3) is 4.03. The van der Waals surface area contributed by atoms with Gasteiger partial charge in [-0.25, -0.2) is 9.37 Å². The average Bonchev–Trinajstić information content (AvgIpc) is 2.64. The summed E-state index contributed by atoms with van der Waals surface area (Å²) in [7, 11) is 1.34. The van der Waals surface area contributed by atoms with E-state index < -0.39 is 35.6 Å². The first-order valence-corrected chi connectivity index (χ1v) is 8.20. The van der Waals surface area contributed by atoms with E-state index in [1.807, 2.05) is 0 Å². The minimum absolute atomic E-state index is 0.0142. The van der Waals surface area contributed by atoms with E-state index >= 15 is 0 Å². The predicted octanol–water partition coefficient (Wildman–Crippen LogP) is 3.21. The van der Waals surface area contributed by atoms with Crippen molar-refractivity contribution in [3.63, 3.8) is 0 Å². The molecule has 3 rings (SSSR count). The van der Waals surface area contributed by atoms with Gasteiger partial charge in [0.1, 0.15) is 12.4 Å². The van der Waals surface area contributed by atoms with Crippen LogP contribution in [0.3, 0.4) is 0 Å². The van der Waals surface area contributed by atoms with E-state index in [1.165, 1.54) is 31.3 Å². The number of aromatic nitrogens is 2. The molecule has 0 N–H and O–H groups in total. The molecule has 3 aromatic rings. The predicted molar refractivity (Wildman–Crippen MR) is 93.9 cm³/mol. The zero-order valence-electron chi connectivity index (χ0n) is 14.7. The van der Waals surface area contributed by atoms with Crippen LogP contribution < -0.4 is 5.56 Å². The van der Waals surface area contributed by atoms with Crippen molar-refractivity contribution in [2.45, 2.75) is 19.3 Å². The summed E-state index contributed by atoms with van der Waals surface area (Å²) in [5, 5.41) is 0.0142. The maximum Gasteiger partial charge on any atom is 0.416 e. The third-order valence-corrected chi connectivity index (χ3v) is 4.25. The fourth-order valence-corrected chi connectivity index (χ4v) is 2.79. The van der Waals surface area contributed by atoms with Crippen molar-refractivity contribution in [3.05, 3.63) is 76.1 Å². The lowest BCUT2D eigenvalue weighted by Crippen LogP contribution is -2.34. The summed E-state index contributed by atoms with van der Waals surface area (Å²) in [6.07, 6.45) is -3.39. The highest BCUT2D eigenvalue weighted by molar-refractivity contribution is 5.79. The van der Waals surface area contributed by atoms with Crippen LogP contribution in [0.15, 0.2) is 53.6 Å². The van der Waals surface area contributed by atoms with Gasteiger partial charge in [0.25, 0.3) is 5.56 Å². The van der Waals surface area contributed by atoms with Crippen LogP contribution in [0.25, 0.3) is 10.9 Å². The lowest BCUT2D eigenvalue weighted by molar-refractivity contribution is -0.139. The van der Waals surface area contributed by atoms with E-state index in [0.29, 0.717) is 0 Å². The van der Waals surface area contributed by atoms with Crippen LogP contribution >= 0.6 is 0 Å². The lowest BCUT2D eigenvalue weighted by atomic mass is 10.1. The van der Waals surface area contributed by atoms with E-state index in [0.717, 1.165) is 34.0 Å². The summed E-state index contributed by atoms with van der Waals surface area (Å²) >= 11 is 0. The first kappa shape index (κ1) is 19.5. The number of hydrogen-bond acceptors (Lipinski definition) is 3. The van der Waals surface area contributed by atoms with Gasteiger partial charge in [-0.1, -0.05) is 18.2 Å². The number of likely N-dealkylation sites (N-methyl/N-ethyl adjacent to an activating group) is 1. The van der Waals surface area contributed by atoms with Crippen LogP contribution in [-0.2, 0) is 24.1 Å². The molecule has 28 heavy (non-hydrogen) atoms. The van der Waals surface area contributed by atoms with Gasteiger partial charge in [0.05, 0.1) is 22.8 Å². The molecule has 1 aromatic heterocycles. The molecule has 0 aliphatic carbocycles. The number of carbonyl (C=O) groups is 1. The molecular formula is C19H15F4N3O2. The number of nitrogens with zero attached hydrogens (tertiary/aromatic N) is 3. The molecule has 0 bridgehead atoms. The van der Waals surface area contributed by atoms with Gasteiger partial charge in [0.2, 0.25) is 5.91 Å². The van der Waals surface area contributed by atoms with Gasteiger partial charge >= 0.3 is 6.18 Å². The Balaban J connectivity index is 1.82. The fraction of sp³-hybridized carbons (Fsp3) is 0.211. The van der Waals surface area contributed by atoms with Gasteiger partial charge in [0.15, 0.2) is 0 Å². The number of benzene rings is 2. The maximum absolute atomic E-state index is 13.4. The summed E-state index contributed by atoms with van der Waals surface area (Å²) < 4.78 is 53.6. The van der Waals surface area contributed by atoms with Crippen molar-refractivity contribution in [2.75, 3.05) is 7.05 Å². The Labute approximate surface area is 156 Å². The van der Waals surface area contributed by atoms with E-state index in [1.54, 1.807) is 0 Å². The summed E-state index contributed by atoms with van der Waals surface area (Å²) in [5.74, 6) is -1.20. The van der Waals surface area contributed by atoms with Crippen molar-refractivity contribution < 1.29 is 22.4 Å². The Bertz CT molecular complexity index is 1090. The zero-order chi connectivity index (χ0) is 20.5. The Morgan fingerprint density at radius 3 is 2.61 bits per heavy atom. The van der Waals surface area contributed by atoms with Crippen LogP contribution in [0.1, 0.15) is 11.1 Å².